The van der Waals surface area contributed by atoms with Gasteiger partial charge in [0.15, 0.2) is 5.82 Å². The van der Waals surface area contributed by atoms with Crippen LogP contribution in [-0.4, -0.2) is 28.3 Å². The maximum Gasteiger partial charge on any atom is 0.244 e. The van der Waals surface area contributed by atoms with E-state index in [0.717, 1.165) is 24.9 Å². The molecule has 0 radical (unpaired) electrons. The average molecular weight is 303 g/mol. The van der Waals surface area contributed by atoms with Crippen LogP contribution in [-0.2, 0) is 6.42 Å². The number of unbranched alkanes of at least 4 members (excludes halogenated alkanes) is 2. The molecule has 1 aromatic carbocycles. The fraction of sp³-hybridized carbons (Fsp3) is 0.438. The van der Waals surface area contributed by atoms with Gasteiger partial charge in [0.1, 0.15) is 5.82 Å². The Balaban J connectivity index is 1.76. The van der Waals surface area contributed by atoms with E-state index in [9.17, 15) is 4.39 Å². The van der Waals surface area contributed by atoms with E-state index in [2.05, 4.69) is 32.7 Å². The third-order valence-corrected chi connectivity index (χ3v) is 3.26. The lowest BCUT2D eigenvalue weighted by atomic mass is 10.1. The summed E-state index contributed by atoms with van der Waals surface area (Å²) in [6, 6.07) is 6.52. The second-order valence-corrected chi connectivity index (χ2v) is 5.10. The molecular weight excluding hydrogens is 281 g/mol. The summed E-state index contributed by atoms with van der Waals surface area (Å²) in [5.41, 5.74) is 1.08. The van der Waals surface area contributed by atoms with E-state index in [1.165, 1.54) is 25.0 Å². The molecule has 0 aliphatic carbocycles. The lowest BCUT2D eigenvalue weighted by Gasteiger charge is -2.07. The van der Waals surface area contributed by atoms with Gasteiger partial charge in [0.2, 0.25) is 5.95 Å². The third kappa shape index (κ3) is 5.63. The number of halogens is 1. The monoisotopic (exact) mass is 303 g/mol. The maximum atomic E-state index is 12.8. The fourth-order valence-corrected chi connectivity index (χ4v) is 2.02. The highest BCUT2D eigenvalue weighted by molar-refractivity contribution is 5.37. The van der Waals surface area contributed by atoms with E-state index in [0.29, 0.717) is 18.3 Å². The van der Waals surface area contributed by atoms with E-state index in [4.69, 9.17) is 0 Å². The zero-order valence-electron chi connectivity index (χ0n) is 12.8. The number of rotatable bonds is 9. The largest absolute Gasteiger partial charge is 0.368 e. The predicted octanol–water partition coefficient (Wildman–Crippen LogP) is 3.27. The lowest BCUT2D eigenvalue weighted by Crippen LogP contribution is -2.10. The van der Waals surface area contributed by atoms with E-state index >= 15 is 0 Å². The van der Waals surface area contributed by atoms with Crippen molar-refractivity contribution in [2.24, 2.45) is 0 Å². The first kappa shape index (κ1) is 16.1. The fourth-order valence-electron chi connectivity index (χ4n) is 2.02. The first-order valence-electron chi connectivity index (χ1n) is 7.70. The van der Waals surface area contributed by atoms with Gasteiger partial charge < -0.3 is 10.6 Å². The van der Waals surface area contributed by atoms with Crippen molar-refractivity contribution in [3.63, 3.8) is 0 Å². The SMILES string of the molecule is CCCCCNc1nncc(NCCc2ccc(F)cc2)n1. The molecule has 0 bridgehead atoms. The number of hydrogen-bond donors (Lipinski definition) is 2. The van der Waals surface area contributed by atoms with Gasteiger partial charge in [-0.1, -0.05) is 31.9 Å². The van der Waals surface area contributed by atoms with Crippen molar-refractivity contribution in [3.8, 4) is 0 Å². The van der Waals surface area contributed by atoms with E-state index in [1.807, 2.05) is 0 Å². The Morgan fingerprint density at radius 3 is 2.64 bits per heavy atom. The smallest absolute Gasteiger partial charge is 0.244 e. The molecule has 1 aromatic heterocycles. The molecule has 0 amide bonds. The van der Waals surface area contributed by atoms with Crippen molar-refractivity contribution in [3.05, 3.63) is 41.8 Å². The van der Waals surface area contributed by atoms with Crippen LogP contribution in [0.1, 0.15) is 31.7 Å². The van der Waals surface area contributed by atoms with Crippen LogP contribution in [0.2, 0.25) is 0 Å². The molecule has 0 spiro atoms. The highest BCUT2D eigenvalue weighted by atomic mass is 19.1. The molecule has 118 valence electrons. The summed E-state index contributed by atoms with van der Waals surface area (Å²) in [6.07, 6.45) is 5.87. The first-order chi connectivity index (χ1) is 10.8. The maximum absolute atomic E-state index is 12.8. The highest BCUT2D eigenvalue weighted by Crippen LogP contribution is 2.06. The minimum Gasteiger partial charge on any atom is -0.368 e. The molecule has 0 saturated carbocycles. The van der Waals surface area contributed by atoms with Crippen LogP contribution in [0.3, 0.4) is 0 Å². The number of nitrogens with zero attached hydrogens (tertiary/aromatic N) is 3. The quantitative estimate of drug-likeness (QED) is 0.696. The van der Waals surface area contributed by atoms with Crippen LogP contribution in [0.15, 0.2) is 30.5 Å². The van der Waals surface area contributed by atoms with Crippen LogP contribution < -0.4 is 10.6 Å². The van der Waals surface area contributed by atoms with E-state index in [-0.39, 0.29) is 5.82 Å². The summed E-state index contributed by atoms with van der Waals surface area (Å²) in [4.78, 5) is 4.36. The number of benzene rings is 1. The highest BCUT2D eigenvalue weighted by Gasteiger charge is 2.00. The van der Waals surface area contributed by atoms with Crippen molar-refractivity contribution >= 4 is 11.8 Å². The van der Waals surface area contributed by atoms with E-state index in [1.54, 1.807) is 18.3 Å². The normalized spacial score (nSPS) is 10.5. The molecule has 0 saturated heterocycles. The molecule has 0 aliphatic rings. The second kappa shape index (κ2) is 8.92. The molecule has 2 N–H and O–H groups in total. The topological polar surface area (TPSA) is 62.7 Å². The Kier molecular flexibility index (Phi) is 6.54. The van der Waals surface area contributed by atoms with Gasteiger partial charge in [-0.3, -0.25) is 0 Å². The molecule has 22 heavy (non-hydrogen) atoms. The molecule has 6 heteroatoms. The number of nitrogens with one attached hydrogen (secondary N) is 2. The Labute approximate surface area is 130 Å². The molecule has 0 atom stereocenters. The lowest BCUT2D eigenvalue weighted by molar-refractivity contribution is 0.627. The van der Waals surface area contributed by atoms with Crippen molar-refractivity contribution in [1.29, 1.82) is 0 Å². The Morgan fingerprint density at radius 1 is 1.05 bits per heavy atom. The van der Waals surface area contributed by atoms with Crippen molar-refractivity contribution < 1.29 is 4.39 Å². The van der Waals surface area contributed by atoms with Gasteiger partial charge >= 0.3 is 0 Å². The minimum atomic E-state index is -0.213. The molecule has 2 rings (SSSR count). The average Bonchev–Trinajstić information content (AvgIpc) is 2.54. The third-order valence-electron chi connectivity index (χ3n) is 3.26. The molecule has 1 heterocycles. The first-order valence-corrected chi connectivity index (χ1v) is 7.70. The molecule has 0 unspecified atom stereocenters. The van der Waals surface area contributed by atoms with Crippen molar-refractivity contribution in [1.82, 2.24) is 15.2 Å². The Hall–Kier alpha value is -2.24. The Morgan fingerprint density at radius 2 is 1.86 bits per heavy atom. The number of hydrogen-bond acceptors (Lipinski definition) is 5. The molecular formula is C16H22FN5. The number of anilines is 2. The minimum absolute atomic E-state index is 0.213. The Bertz CT molecular complexity index is 559. The van der Waals surface area contributed by atoms with Crippen LogP contribution in [0.4, 0.5) is 16.2 Å². The van der Waals surface area contributed by atoms with Crippen LogP contribution >= 0.6 is 0 Å². The summed E-state index contributed by atoms with van der Waals surface area (Å²) in [5.74, 6) is 1.02. The molecule has 0 fully saturated rings. The zero-order chi connectivity index (χ0) is 15.6. The van der Waals surface area contributed by atoms with Gasteiger partial charge in [0, 0.05) is 13.1 Å². The molecule has 2 aromatic rings. The molecule has 0 aliphatic heterocycles. The van der Waals surface area contributed by atoms with Crippen LogP contribution in [0.5, 0.6) is 0 Å². The second-order valence-electron chi connectivity index (χ2n) is 5.10. The van der Waals surface area contributed by atoms with Crippen LogP contribution in [0, 0.1) is 5.82 Å². The molecule has 5 nitrogen and oxygen atoms in total. The van der Waals surface area contributed by atoms with Crippen LogP contribution in [0.25, 0.3) is 0 Å². The zero-order valence-corrected chi connectivity index (χ0v) is 12.8. The standard InChI is InChI=1S/C16H22FN5/c1-2-3-4-10-19-16-21-15(12-20-22-16)18-11-9-13-5-7-14(17)8-6-13/h5-8,12H,2-4,9-11H2,1H3,(H2,18,19,21,22). The summed E-state index contributed by atoms with van der Waals surface area (Å²) < 4.78 is 12.8. The number of aromatic nitrogens is 3. The van der Waals surface area contributed by atoms with Gasteiger partial charge in [-0.15, -0.1) is 5.10 Å². The summed E-state index contributed by atoms with van der Waals surface area (Å²) in [5, 5.41) is 14.3. The van der Waals surface area contributed by atoms with Crippen molar-refractivity contribution in [2.75, 3.05) is 23.7 Å². The van der Waals surface area contributed by atoms with Gasteiger partial charge in [-0.05, 0) is 30.5 Å². The van der Waals surface area contributed by atoms with Gasteiger partial charge in [0.05, 0.1) is 6.20 Å². The summed E-state index contributed by atoms with van der Waals surface area (Å²) >= 11 is 0. The van der Waals surface area contributed by atoms with Crippen molar-refractivity contribution in [2.45, 2.75) is 32.6 Å². The van der Waals surface area contributed by atoms with Gasteiger partial charge in [-0.25, -0.2) is 4.39 Å². The van der Waals surface area contributed by atoms with E-state index < -0.39 is 0 Å². The summed E-state index contributed by atoms with van der Waals surface area (Å²) in [6.45, 7) is 3.73. The predicted molar refractivity (Wildman–Crippen MR) is 86.4 cm³/mol. The van der Waals surface area contributed by atoms with Gasteiger partial charge in [-0.2, -0.15) is 10.1 Å². The summed E-state index contributed by atoms with van der Waals surface area (Å²) in [7, 11) is 0. The van der Waals surface area contributed by atoms with Gasteiger partial charge in [0.25, 0.3) is 0 Å².